The molecular weight excluding hydrogens is 687 g/mol. The number of fused-ring (bicyclic) bond motifs is 2. The number of H-pyrrole nitrogens is 1. The van der Waals surface area contributed by atoms with Crippen molar-refractivity contribution >= 4 is 39.6 Å². The Balaban J connectivity index is 1.34. The quantitative estimate of drug-likeness (QED) is 0.181. The third-order valence-corrected chi connectivity index (χ3v) is 10.7. The number of halogens is 3. The van der Waals surface area contributed by atoms with Crippen LogP contribution in [0, 0.1) is 12.3 Å². The molecule has 2 aromatic carbocycles. The van der Waals surface area contributed by atoms with Crippen molar-refractivity contribution in [1.82, 2.24) is 30.0 Å². The van der Waals surface area contributed by atoms with Crippen molar-refractivity contribution in [3.05, 3.63) is 54.8 Å². The number of rotatable bonds is 10. The highest BCUT2D eigenvalue weighted by molar-refractivity contribution is 6.07. The maximum atomic E-state index is 14.0. The highest BCUT2D eigenvalue weighted by atomic mass is 19.4. The maximum Gasteiger partial charge on any atom is 0.422 e. The number of aromatic nitrogens is 4. The molecule has 2 N–H and O–H groups in total. The van der Waals surface area contributed by atoms with Crippen molar-refractivity contribution in [3.8, 4) is 22.9 Å². The van der Waals surface area contributed by atoms with E-state index in [2.05, 4.69) is 33.2 Å². The summed E-state index contributed by atoms with van der Waals surface area (Å²) >= 11 is 0. The van der Waals surface area contributed by atoms with Gasteiger partial charge >= 0.3 is 12.2 Å². The number of benzene rings is 2. The Hall–Kier alpha value is -4.69. The summed E-state index contributed by atoms with van der Waals surface area (Å²) in [4.78, 5) is 28.1. The van der Waals surface area contributed by atoms with E-state index >= 15 is 0 Å². The maximum absolute atomic E-state index is 14.0. The molecule has 282 valence electrons. The van der Waals surface area contributed by atoms with Gasteiger partial charge in [0.05, 0.1) is 17.3 Å². The zero-order valence-corrected chi connectivity index (χ0v) is 30.4. The second kappa shape index (κ2) is 13.9. The number of nitrogens with zero attached hydrogens (tertiary/aromatic N) is 6. The number of anilines is 1. The summed E-state index contributed by atoms with van der Waals surface area (Å²) in [5.74, 6) is 0.432. The molecule has 14 heteroatoms. The van der Waals surface area contributed by atoms with Gasteiger partial charge in [-0.15, -0.1) is 0 Å². The fraction of sp³-hybridized carbons (Fsp3) is 0.487. The first kappa shape index (κ1) is 36.7. The first-order valence-corrected chi connectivity index (χ1v) is 18.1. The predicted octanol–water partition coefficient (Wildman–Crippen LogP) is 6.29. The smallest absolute Gasteiger partial charge is 0.422 e. The highest BCUT2D eigenvalue weighted by Gasteiger charge is 2.46. The van der Waals surface area contributed by atoms with Crippen molar-refractivity contribution in [2.24, 2.45) is 5.41 Å². The van der Waals surface area contributed by atoms with Gasteiger partial charge in [-0.1, -0.05) is 25.3 Å². The normalized spacial score (nSPS) is 18.4. The van der Waals surface area contributed by atoms with Crippen LogP contribution in [0.4, 0.5) is 19.0 Å². The second-order valence-corrected chi connectivity index (χ2v) is 15.4. The summed E-state index contributed by atoms with van der Waals surface area (Å²) in [6, 6.07) is 5.71. The molecule has 7 rings (SSSR count). The van der Waals surface area contributed by atoms with E-state index in [1.54, 1.807) is 31.0 Å². The summed E-state index contributed by atoms with van der Waals surface area (Å²) in [5, 5.41) is 18.8. The number of hydrogen-bond donors (Lipinski definition) is 2. The summed E-state index contributed by atoms with van der Waals surface area (Å²) in [6.45, 7) is 16.1. The number of carbonyl (C=O) groups is 1. The molecule has 0 atom stereocenters. The Labute approximate surface area is 306 Å². The lowest BCUT2D eigenvalue weighted by molar-refractivity contribution is -0.153. The van der Waals surface area contributed by atoms with Gasteiger partial charge in [-0.3, -0.25) is 9.89 Å². The molecular formula is C39H46F3N7O4. The minimum atomic E-state index is -4.62. The van der Waals surface area contributed by atoms with Gasteiger partial charge < -0.3 is 29.3 Å². The second-order valence-electron chi connectivity index (χ2n) is 15.4. The predicted molar refractivity (Wildman–Crippen MR) is 198 cm³/mol. The summed E-state index contributed by atoms with van der Waals surface area (Å²) in [6.07, 6.45) is 2.70. The molecule has 0 aliphatic carbocycles. The van der Waals surface area contributed by atoms with Gasteiger partial charge in [0.2, 0.25) is 5.91 Å². The first-order valence-electron chi connectivity index (χ1n) is 18.1. The van der Waals surface area contributed by atoms with Crippen LogP contribution >= 0.6 is 0 Å². The number of alkyl halides is 3. The summed E-state index contributed by atoms with van der Waals surface area (Å²) < 4.78 is 54.2. The Morgan fingerprint density at radius 3 is 2.43 bits per heavy atom. The van der Waals surface area contributed by atoms with Crippen LogP contribution in [0.15, 0.2) is 43.6 Å². The van der Waals surface area contributed by atoms with Crippen molar-refractivity contribution in [2.75, 3.05) is 57.3 Å². The molecule has 0 saturated carbocycles. The Morgan fingerprint density at radius 1 is 1.08 bits per heavy atom. The minimum absolute atomic E-state index is 0.00430. The molecule has 53 heavy (non-hydrogen) atoms. The van der Waals surface area contributed by atoms with E-state index in [-0.39, 0.29) is 34.7 Å². The lowest BCUT2D eigenvalue weighted by atomic mass is 9.72. The topological polar surface area (TPSA) is 120 Å². The van der Waals surface area contributed by atoms with Crippen LogP contribution in [0.5, 0.6) is 11.8 Å². The Morgan fingerprint density at radius 2 is 1.79 bits per heavy atom. The average molecular weight is 734 g/mol. The van der Waals surface area contributed by atoms with Gasteiger partial charge in [-0.05, 0) is 81.4 Å². The molecule has 0 unspecified atom stereocenters. The van der Waals surface area contributed by atoms with Gasteiger partial charge in [0, 0.05) is 67.6 Å². The molecule has 1 amide bonds. The first-order chi connectivity index (χ1) is 25.2. The molecule has 3 fully saturated rings. The van der Waals surface area contributed by atoms with Gasteiger partial charge in [0.1, 0.15) is 17.4 Å². The van der Waals surface area contributed by atoms with Crippen LogP contribution in [0.2, 0.25) is 0 Å². The number of ether oxygens (including phenoxy) is 2. The third kappa shape index (κ3) is 7.56. The van der Waals surface area contributed by atoms with Crippen molar-refractivity contribution in [1.29, 1.82) is 0 Å². The van der Waals surface area contributed by atoms with Crippen LogP contribution in [-0.2, 0) is 4.79 Å². The van der Waals surface area contributed by atoms with Gasteiger partial charge in [-0.2, -0.15) is 28.2 Å². The van der Waals surface area contributed by atoms with Crippen LogP contribution in [0.25, 0.3) is 39.0 Å². The Bertz CT molecular complexity index is 2030. The SMILES string of the molecule is C=CC(=O)N1CC2(CCN(c3nc(OC4CCN(CC(C)(C)O)CC4)nc4c(OCC(F)(F)F)c(-c5c(C)ccc6[nH]ncc56)c(C=C)cc34)CC2)C1. The van der Waals surface area contributed by atoms with E-state index in [4.69, 9.17) is 19.4 Å². The summed E-state index contributed by atoms with van der Waals surface area (Å²) in [7, 11) is 0. The zero-order chi connectivity index (χ0) is 37.7. The molecule has 0 radical (unpaired) electrons. The highest BCUT2D eigenvalue weighted by Crippen LogP contribution is 2.48. The van der Waals surface area contributed by atoms with Gasteiger partial charge in [-0.25, -0.2) is 0 Å². The number of aryl methyl sites for hydroxylation is 1. The number of likely N-dealkylation sites (tertiary alicyclic amines) is 2. The standard InChI is InChI=1S/C39H46F3N7O4/c1-6-25-18-27-33(34(52-23-39(40,41)42)32(25)31-24(3)8-9-29-28(31)19-43-46-29)44-36(53-26-10-14-47(15-11-26)20-37(4,5)51)45-35(27)48-16-12-38(13-17-48)21-49(22-38)30(50)7-2/h6-9,18-19,26,51H,1-2,10-17,20-23H2,3-5H3,(H,43,46). The van der Waals surface area contributed by atoms with E-state index < -0.39 is 18.4 Å². The van der Waals surface area contributed by atoms with E-state index in [0.717, 1.165) is 29.3 Å². The number of nitrogens with one attached hydrogen (secondary N) is 1. The average Bonchev–Trinajstić information content (AvgIpc) is 3.58. The molecule has 3 aliphatic heterocycles. The van der Waals surface area contributed by atoms with Crippen LogP contribution in [-0.4, -0.2) is 111 Å². The molecule has 5 heterocycles. The van der Waals surface area contributed by atoms with E-state index in [9.17, 15) is 23.1 Å². The molecule has 1 spiro atoms. The van der Waals surface area contributed by atoms with Crippen molar-refractivity contribution < 1.29 is 32.5 Å². The molecule has 2 aromatic heterocycles. The number of β-amino-alcohol motifs (C(OH)–C–C–N with tert-alkyl or cyclic N) is 1. The zero-order valence-electron chi connectivity index (χ0n) is 30.4. The molecule has 3 aliphatic rings. The van der Waals surface area contributed by atoms with Crippen LogP contribution in [0.1, 0.15) is 50.7 Å². The molecule has 0 bridgehead atoms. The fourth-order valence-corrected chi connectivity index (χ4v) is 8.13. The number of carbonyl (C=O) groups excluding carboxylic acids is 1. The minimum Gasteiger partial charge on any atom is -0.481 e. The van der Waals surface area contributed by atoms with Crippen molar-refractivity contribution in [3.63, 3.8) is 0 Å². The molecule has 3 saturated heterocycles. The van der Waals surface area contributed by atoms with Gasteiger partial charge in [0.15, 0.2) is 12.4 Å². The van der Waals surface area contributed by atoms with Crippen LogP contribution in [0.3, 0.4) is 0 Å². The van der Waals surface area contributed by atoms with E-state index in [0.29, 0.717) is 86.5 Å². The lowest BCUT2D eigenvalue weighted by Gasteiger charge is -2.54. The fourth-order valence-electron chi connectivity index (χ4n) is 8.13. The van der Waals surface area contributed by atoms with Crippen LogP contribution < -0.4 is 14.4 Å². The lowest BCUT2D eigenvalue weighted by Crippen LogP contribution is -2.61. The van der Waals surface area contributed by atoms with E-state index in [1.165, 1.54) is 6.08 Å². The molecule has 11 nitrogen and oxygen atoms in total. The van der Waals surface area contributed by atoms with E-state index in [1.807, 2.05) is 25.1 Å². The number of amides is 1. The number of aliphatic hydroxyl groups is 1. The van der Waals surface area contributed by atoms with Crippen molar-refractivity contribution in [2.45, 2.75) is 64.3 Å². The largest absolute Gasteiger partial charge is 0.481 e. The summed E-state index contributed by atoms with van der Waals surface area (Å²) in [5.41, 5.74) is 2.56. The third-order valence-electron chi connectivity index (χ3n) is 10.7. The Kier molecular flexibility index (Phi) is 9.64. The van der Waals surface area contributed by atoms with Gasteiger partial charge in [0.25, 0.3) is 0 Å². The monoisotopic (exact) mass is 733 g/mol. The number of piperidine rings is 2. The number of hydrogen-bond acceptors (Lipinski definition) is 9. The number of aromatic amines is 1. The molecule has 4 aromatic rings.